The highest BCUT2D eigenvalue weighted by Crippen LogP contribution is 2.00. The Kier molecular flexibility index (Phi) is 3.88. The number of nitrogens with zero attached hydrogens (tertiary/aromatic N) is 4. The molecule has 0 aliphatic heterocycles. The molecule has 1 rings (SSSR count). The lowest BCUT2D eigenvalue weighted by molar-refractivity contribution is 0.0995. The summed E-state index contributed by atoms with van der Waals surface area (Å²) in [7, 11) is 0. The number of hydrogen-bond donors (Lipinski definition) is 1. The van der Waals surface area contributed by atoms with E-state index in [1.165, 1.54) is 6.07 Å². The van der Waals surface area contributed by atoms with Crippen molar-refractivity contribution in [2.24, 2.45) is 10.8 Å². The molecule has 1 amide bonds. The van der Waals surface area contributed by atoms with Gasteiger partial charge in [0.1, 0.15) is 5.69 Å². The Morgan fingerprint density at radius 1 is 1.67 bits per heavy atom. The van der Waals surface area contributed by atoms with E-state index >= 15 is 0 Å². The van der Waals surface area contributed by atoms with Gasteiger partial charge in [-0.25, -0.2) is 4.98 Å². The first-order chi connectivity index (χ1) is 7.24. The summed E-state index contributed by atoms with van der Waals surface area (Å²) in [6, 6.07) is 4.94. The van der Waals surface area contributed by atoms with E-state index in [0.29, 0.717) is 5.69 Å². The molecule has 0 fully saturated rings. The highest BCUT2D eigenvalue weighted by Gasteiger charge is 2.00. The Hall–Kier alpha value is -2.33. The number of hydrogen-bond acceptors (Lipinski definition) is 3. The zero-order valence-corrected chi connectivity index (χ0v) is 7.87. The normalized spacial score (nSPS) is 9.87. The zero-order valence-electron chi connectivity index (χ0n) is 7.87. The first kappa shape index (κ1) is 10.7. The number of carbonyl (C=O) groups excluding carboxylic acids is 1. The number of carbonyl (C=O) groups is 1. The number of rotatable bonds is 4. The third-order valence-corrected chi connectivity index (χ3v) is 1.56. The van der Waals surface area contributed by atoms with Gasteiger partial charge in [-0.2, -0.15) is 0 Å². The van der Waals surface area contributed by atoms with Crippen molar-refractivity contribution in [2.75, 3.05) is 6.54 Å². The molecule has 76 valence electrons. The molecule has 2 N–H and O–H groups in total. The van der Waals surface area contributed by atoms with Crippen molar-refractivity contribution < 1.29 is 4.79 Å². The predicted molar refractivity (Wildman–Crippen MR) is 55.8 cm³/mol. The summed E-state index contributed by atoms with van der Waals surface area (Å²) in [4.78, 5) is 17.4. The molecule has 0 bridgehead atoms. The second-order valence-corrected chi connectivity index (χ2v) is 2.63. The van der Waals surface area contributed by atoms with E-state index < -0.39 is 5.91 Å². The van der Waals surface area contributed by atoms with E-state index in [9.17, 15) is 4.79 Å². The van der Waals surface area contributed by atoms with Crippen LogP contribution in [-0.4, -0.2) is 17.4 Å². The maximum absolute atomic E-state index is 10.8. The van der Waals surface area contributed by atoms with Gasteiger partial charge in [-0.05, 0) is 23.7 Å². The second kappa shape index (κ2) is 5.41. The fraction of sp³-hybridized carbons (Fsp3) is 0.111. The Morgan fingerprint density at radius 2 is 2.47 bits per heavy atom. The average molecular weight is 203 g/mol. The number of primary amides is 1. The maximum atomic E-state index is 10.8. The van der Waals surface area contributed by atoms with E-state index in [1.807, 2.05) is 0 Å². The largest absolute Gasteiger partial charge is 0.364 e. The summed E-state index contributed by atoms with van der Waals surface area (Å²) in [5.41, 5.74) is 13.9. The minimum Gasteiger partial charge on any atom is -0.364 e. The number of amides is 1. The van der Waals surface area contributed by atoms with Crippen molar-refractivity contribution in [3.63, 3.8) is 0 Å². The highest BCUT2D eigenvalue weighted by atomic mass is 16.1. The van der Waals surface area contributed by atoms with Gasteiger partial charge in [-0.3, -0.25) is 4.79 Å². The molecule has 0 aliphatic rings. The summed E-state index contributed by atoms with van der Waals surface area (Å²) >= 11 is 0. The van der Waals surface area contributed by atoms with Crippen LogP contribution in [0, 0.1) is 0 Å². The quantitative estimate of drug-likeness (QED) is 0.455. The summed E-state index contributed by atoms with van der Waals surface area (Å²) in [6.07, 6.45) is 3.30. The minimum absolute atomic E-state index is 0.209. The van der Waals surface area contributed by atoms with Gasteiger partial charge in [0.25, 0.3) is 5.91 Å². The Morgan fingerprint density at radius 3 is 3.13 bits per heavy atom. The van der Waals surface area contributed by atoms with Gasteiger partial charge in [0.2, 0.25) is 0 Å². The molecule has 1 aromatic rings. The first-order valence-electron chi connectivity index (χ1n) is 4.18. The van der Waals surface area contributed by atoms with E-state index in [0.717, 1.165) is 0 Å². The Bertz CT molecular complexity index is 434. The predicted octanol–water partition coefficient (Wildman–Crippen LogP) is 1.50. The van der Waals surface area contributed by atoms with E-state index in [-0.39, 0.29) is 12.2 Å². The third kappa shape index (κ3) is 3.50. The van der Waals surface area contributed by atoms with Crippen molar-refractivity contribution in [3.05, 3.63) is 46.1 Å². The van der Waals surface area contributed by atoms with Crippen LogP contribution in [0.3, 0.4) is 0 Å². The third-order valence-electron chi connectivity index (χ3n) is 1.56. The monoisotopic (exact) mass is 203 g/mol. The smallest absolute Gasteiger partial charge is 0.267 e. The lowest BCUT2D eigenvalue weighted by Gasteiger charge is -1.95. The SMILES string of the molecule is [N-]=[N+]=NCC=Cc1cccc(C(N)=O)n1. The second-order valence-electron chi connectivity index (χ2n) is 2.63. The molecule has 0 spiro atoms. The maximum Gasteiger partial charge on any atom is 0.267 e. The number of azide groups is 1. The van der Waals surface area contributed by atoms with Crippen LogP contribution in [0.4, 0.5) is 0 Å². The average Bonchev–Trinajstić information content (AvgIpc) is 2.25. The summed E-state index contributed by atoms with van der Waals surface area (Å²) in [5, 5.41) is 3.32. The summed E-state index contributed by atoms with van der Waals surface area (Å²) in [5.74, 6) is -0.569. The van der Waals surface area contributed by atoms with Gasteiger partial charge < -0.3 is 5.73 Å². The molecular formula is C9H9N5O. The Balaban J connectivity index is 2.77. The van der Waals surface area contributed by atoms with Crippen molar-refractivity contribution in [1.82, 2.24) is 4.98 Å². The molecule has 15 heavy (non-hydrogen) atoms. The van der Waals surface area contributed by atoms with Crippen molar-refractivity contribution in [2.45, 2.75) is 0 Å². The van der Waals surface area contributed by atoms with Gasteiger partial charge in [0.15, 0.2) is 0 Å². The Labute approximate surface area is 86.1 Å². The molecule has 1 aromatic heterocycles. The first-order valence-corrected chi connectivity index (χ1v) is 4.18. The van der Waals surface area contributed by atoms with Gasteiger partial charge in [0.05, 0.1) is 5.69 Å². The zero-order chi connectivity index (χ0) is 11.1. The molecule has 0 saturated heterocycles. The molecule has 0 aliphatic carbocycles. The molecular weight excluding hydrogens is 194 g/mol. The number of nitrogens with two attached hydrogens (primary N) is 1. The fourth-order valence-corrected chi connectivity index (χ4v) is 0.939. The standard InChI is InChI=1S/C9H9N5O/c10-9(15)8-5-1-3-7(13-8)4-2-6-12-14-11/h1-5H,6H2,(H2,10,15). The van der Waals surface area contributed by atoms with Crippen molar-refractivity contribution >= 4 is 12.0 Å². The van der Waals surface area contributed by atoms with Crippen LogP contribution in [0.25, 0.3) is 16.5 Å². The van der Waals surface area contributed by atoms with E-state index in [4.69, 9.17) is 11.3 Å². The van der Waals surface area contributed by atoms with Crippen molar-refractivity contribution in [3.8, 4) is 0 Å². The van der Waals surface area contributed by atoms with Crippen LogP contribution < -0.4 is 5.73 Å². The van der Waals surface area contributed by atoms with Crippen LogP contribution >= 0.6 is 0 Å². The molecule has 0 radical (unpaired) electrons. The van der Waals surface area contributed by atoms with Gasteiger partial charge in [0, 0.05) is 11.5 Å². The van der Waals surface area contributed by atoms with Gasteiger partial charge in [-0.15, -0.1) is 0 Å². The number of pyridine rings is 1. The molecule has 6 heteroatoms. The molecule has 0 unspecified atom stereocenters. The topological polar surface area (TPSA) is 105 Å². The summed E-state index contributed by atoms with van der Waals surface area (Å²) < 4.78 is 0. The molecule has 0 aromatic carbocycles. The van der Waals surface area contributed by atoms with Crippen molar-refractivity contribution in [1.29, 1.82) is 0 Å². The summed E-state index contributed by atoms with van der Waals surface area (Å²) in [6.45, 7) is 0.249. The lowest BCUT2D eigenvalue weighted by atomic mass is 10.3. The minimum atomic E-state index is -0.569. The number of aromatic nitrogens is 1. The van der Waals surface area contributed by atoms with Crippen LogP contribution in [-0.2, 0) is 0 Å². The molecule has 0 saturated carbocycles. The van der Waals surface area contributed by atoms with E-state index in [1.54, 1.807) is 24.3 Å². The molecule has 1 heterocycles. The van der Waals surface area contributed by atoms with Crippen LogP contribution in [0.5, 0.6) is 0 Å². The van der Waals surface area contributed by atoms with Crippen LogP contribution in [0.1, 0.15) is 16.2 Å². The van der Waals surface area contributed by atoms with Gasteiger partial charge in [-0.1, -0.05) is 17.3 Å². The fourth-order valence-electron chi connectivity index (χ4n) is 0.939. The molecule has 6 nitrogen and oxygen atoms in total. The van der Waals surface area contributed by atoms with Crippen LogP contribution in [0.2, 0.25) is 0 Å². The highest BCUT2D eigenvalue weighted by molar-refractivity contribution is 5.90. The molecule has 0 atom stereocenters. The van der Waals surface area contributed by atoms with Gasteiger partial charge >= 0.3 is 0 Å². The van der Waals surface area contributed by atoms with E-state index in [2.05, 4.69) is 15.0 Å². The lowest BCUT2D eigenvalue weighted by Crippen LogP contribution is -2.13. The van der Waals surface area contributed by atoms with Crippen LogP contribution in [0.15, 0.2) is 29.4 Å².